The molecule has 0 bridgehead atoms. The fraction of sp³-hybridized carbons (Fsp3) is 0.417. The minimum absolute atomic E-state index is 0.0575. The highest BCUT2D eigenvalue weighted by Gasteiger charge is 2.27. The van der Waals surface area contributed by atoms with E-state index in [1.54, 1.807) is 30.0 Å². The maximum Gasteiger partial charge on any atom is 0.242 e. The van der Waals surface area contributed by atoms with Crippen molar-refractivity contribution in [2.24, 2.45) is 0 Å². The number of carbonyl (C=O) groups is 2. The number of aryl methyl sites for hydroxylation is 1. The molecule has 1 N–H and O–H groups in total. The highest BCUT2D eigenvalue weighted by molar-refractivity contribution is 7.99. The fourth-order valence-corrected chi connectivity index (χ4v) is 4.66. The monoisotopic (exact) mass is 480 g/mol. The SMILES string of the molecule is CCC(C)NC(=O)C(C)N(Cc1ccccc1C)C(=O)CSCc1c(Cl)cccc1Cl. The summed E-state index contributed by atoms with van der Waals surface area (Å²) in [5.74, 6) is 0.517. The molecule has 0 spiro atoms. The van der Waals surface area contributed by atoms with Gasteiger partial charge in [-0.2, -0.15) is 0 Å². The molecule has 2 aromatic carbocycles. The lowest BCUT2D eigenvalue weighted by atomic mass is 10.1. The van der Waals surface area contributed by atoms with Gasteiger partial charge in [-0.15, -0.1) is 11.8 Å². The van der Waals surface area contributed by atoms with Crippen molar-refractivity contribution in [2.75, 3.05) is 5.75 Å². The maximum absolute atomic E-state index is 13.2. The molecule has 0 aliphatic carbocycles. The summed E-state index contributed by atoms with van der Waals surface area (Å²) >= 11 is 13.9. The van der Waals surface area contributed by atoms with Crippen molar-refractivity contribution in [3.63, 3.8) is 0 Å². The highest BCUT2D eigenvalue weighted by Crippen LogP contribution is 2.28. The van der Waals surface area contributed by atoms with Crippen LogP contribution in [-0.4, -0.2) is 34.6 Å². The van der Waals surface area contributed by atoms with Gasteiger partial charge in [-0.1, -0.05) is 60.5 Å². The molecular formula is C24H30Cl2N2O2S. The van der Waals surface area contributed by atoms with Gasteiger partial charge in [0.05, 0.1) is 5.75 Å². The quantitative estimate of drug-likeness (QED) is 0.462. The average molecular weight is 481 g/mol. The second kappa shape index (κ2) is 12.4. The minimum atomic E-state index is -0.578. The number of carbonyl (C=O) groups excluding carboxylic acids is 2. The van der Waals surface area contributed by atoms with Gasteiger partial charge < -0.3 is 10.2 Å². The number of thioether (sulfide) groups is 1. The Morgan fingerprint density at radius 1 is 1.06 bits per heavy atom. The van der Waals surface area contributed by atoms with Crippen LogP contribution in [0, 0.1) is 6.92 Å². The first-order valence-electron chi connectivity index (χ1n) is 10.4. The lowest BCUT2D eigenvalue weighted by Gasteiger charge is -2.30. The predicted molar refractivity (Wildman–Crippen MR) is 132 cm³/mol. The van der Waals surface area contributed by atoms with Gasteiger partial charge in [0.15, 0.2) is 0 Å². The zero-order valence-electron chi connectivity index (χ0n) is 18.5. The Bertz CT molecular complexity index is 887. The molecule has 0 heterocycles. The predicted octanol–water partition coefficient (Wildman–Crippen LogP) is 5.87. The third kappa shape index (κ3) is 7.44. The summed E-state index contributed by atoms with van der Waals surface area (Å²) in [6, 6.07) is 12.8. The Labute approximate surface area is 199 Å². The third-order valence-corrected chi connectivity index (χ3v) is 6.96. The summed E-state index contributed by atoms with van der Waals surface area (Å²) in [5, 5.41) is 4.16. The Morgan fingerprint density at radius 3 is 2.32 bits per heavy atom. The second-order valence-electron chi connectivity index (χ2n) is 7.63. The van der Waals surface area contributed by atoms with E-state index in [2.05, 4.69) is 5.32 Å². The first kappa shape index (κ1) is 25.6. The Morgan fingerprint density at radius 2 is 1.71 bits per heavy atom. The molecule has 2 unspecified atom stereocenters. The lowest BCUT2D eigenvalue weighted by molar-refractivity contribution is -0.138. The number of nitrogens with one attached hydrogen (secondary N) is 1. The van der Waals surface area contributed by atoms with Crippen molar-refractivity contribution >= 4 is 46.8 Å². The first-order valence-corrected chi connectivity index (χ1v) is 12.3. The molecule has 0 saturated carbocycles. The van der Waals surface area contributed by atoms with Crippen LogP contribution in [0.4, 0.5) is 0 Å². The van der Waals surface area contributed by atoms with Gasteiger partial charge in [-0.25, -0.2) is 0 Å². The summed E-state index contributed by atoms with van der Waals surface area (Å²) < 4.78 is 0. The molecule has 0 radical (unpaired) electrons. The zero-order chi connectivity index (χ0) is 23.0. The van der Waals surface area contributed by atoms with Crippen LogP contribution in [0.15, 0.2) is 42.5 Å². The number of hydrogen-bond donors (Lipinski definition) is 1. The van der Waals surface area contributed by atoms with Gasteiger partial charge >= 0.3 is 0 Å². The molecule has 7 heteroatoms. The van der Waals surface area contributed by atoms with Crippen molar-refractivity contribution in [3.05, 3.63) is 69.2 Å². The topological polar surface area (TPSA) is 49.4 Å². The van der Waals surface area contributed by atoms with Gasteiger partial charge in [0.1, 0.15) is 6.04 Å². The van der Waals surface area contributed by atoms with E-state index in [9.17, 15) is 9.59 Å². The number of halogens is 2. The number of rotatable bonds is 10. The normalized spacial score (nSPS) is 12.8. The molecule has 0 aromatic heterocycles. The van der Waals surface area contributed by atoms with E-state index >= 15 is 0 Å². The van der Waals surface area contributed by atoms with E-state index in [0.29, 0.717) is 22.3 Å². The van der Waals surface area contributed by atoms with Crippen LogP contribution in [0.5, 0.6) is 0 Å². The Kier molecular flexibility index (Phi) is 10.2. The number of hydrogen-bond acceptors (Lipinski definition) is 3. The van der Waals surface area contributed by atoms with E-state index in [1.165, 1.54) is 11.8 Å². The number of nitrogens with zero attached hydrogens (tertiary/aromatic N) is 1. The summed E-state index contributed by atoms with van der Waals surface area (Å²) in [7, 11) is 0. The molecule has 0 aliphatic heterocycles. The molecule has 168 valence electrons. The van der Waals surface area contributed by atoms with Crippen molar-refractivity contribution in [1.82, 2.24) is 10.2 Å². The van der Waals surface area contributed by atoms with Crippen molar-refractivity contribution < 1.29 is 9.59 Å². The Hall–Kier alpha value is -1.69. The molecule has 2 atom stereocenters. The lowest BCUT2D eigenvalue weighted by Crippen LogP contribution is -2.50. The first-order chi connectivity index (χ1) is 14.7. The van der Waals surface area contributed by atoms with Crippen LogP contribution < -0.4 is 5.32 Å². The van der Waals surface area contributed by atoms with E-state index < -0.39 is 6.04 Å². The van der Waals surface area contributed by atoms with Gasteiger partial charge in [-0.05, 0) is 56.0 Å². The molecule has 0 fully saturated rings. The third-order valence-electron chi connectivity index (χ3n) is 5.30. The minimum Gasteiger partial charge on any atom is -0.352 e. The molecule has 4 nitrogen and oxygen atoms in total. The van der Waals surface area contributed by atoms with Gasteiger partial charge in [0.25, 0.3) is 0 Å². The average Bonchev–Trinajstić information content (AvgIpc) is 2.74. The smallest absolute Gasteiger partial charge is 0.242 e. The van der Waals surface area contributed by atoms with Crippen LogP contribution in [0.3, 0.4) is 0 Å². The van der Waals surface area contributed by atoms with Crippen molar-refractivity contribution in [1.29, 1.82) is 0 Å². The molecule has 0 aliphatic rings. The zero-order valence-corrected chi connectivity index (χ0v) is 20.8. The summed E-state index contributed by atoms with van der Waals surface area (Å²) in [6.07, 6.45) is 0.832. The van der Waals surface area contributed by atoms with E-state index in [4.69, 9.17) is 23.2 Å². The Balaban J connectivity index is 2.13. The van der Waals surface area contributed by atoms with Crippen molar-refractivity contribution in [2.45, 2.75) is 58.5 Å². The van der Waals surface area contributed by atoms with Gasteiger partial charge in [-0.3, -0.25) is 9.59 Å². The number of amides is 2. The summed E-state index contributed by atoms with van der Waals surface area (Å²) in [4.78, 5) is 27.6. The van der Waals surface area contributed by atoms with E-state index in [1.807, 2.05) is 45.0 Å². The van der Waals surface area contributed by atoms with Crippen LogP contribution >= 0.6 is 35.0 Å². The number of benzene rings is 2. The van der Waals surface area contributed by atoms with Crippen LogP contribution in [0.1, 0.15) is 43.9 Å². The molecular weight excluding hydrogens is 451 g/mol. The molecule has 31 heavy (non-hydrogen) atoms. The van der Waals surface area contributed by atoms with Crippen LogP contribution in [0.25, 0.3) is 0 Å². The molecule has 2 amide bonds. The maximum atomic E-state index is 13.2. The van der Waals surface area contributed by atoms with E-state index in [-0.39, 0.29) is 23.6 Å². The van der Waals surface area contributed by atoms with Gasteiger partial charge in [0, 0.05) is 28.4 Å². The van der Waals surface area contributed by atoms with Crippen molar-refractivity contribution in [3.8, 4) is 0 Å². The van der Waals surface area contributed by atoms with Gasteiger partial charge in [0.2, 0.25) is 11.8 Å². The standard InChI is InChI=1S/C24H30Cl2N2O2S/c1-5-17(3)27-24(30)18(4)28(13-19-10-7-6-9-16(19)2)23(29)15-31-14-20-21(25)11-8-12-22(20)26/h6-12,17-18H,5,13-15H2,1-4H3,(H,27,30). The van der Waals surface area contributed by atoms with Crippen LogP contribution in [-0.2, 0) is 21.9 Å². The highest BCUT2D eigenvalue weighted by atomic mass is 35.5. The summed E-state index contributed by atoms with van der Waals surface area (Å²) in [5.41, 5.74) is 2.93. The molecule has 2 aromatic rings. The summed E-state index contributed by atoms with van der Waals surface area (Å²) in [6.45, 7) is 8.15. The molecule has 2 rings (SSSR count). The fourth-order valence-electron chi connectivity index (χ4n) is 3.01. The van der Waals surface area contributed by atoms with Crippen LogP contribution in [0.2, 0.25) is 10.0 Å². The largest absolute Gasteiger partial charge is 0.352 e. The second-order valence-corrected chi connectivity index (χ2v) is 9.43. The van der Waals surface area contributed by atoms with E-state index in [0.717, 1.165) is 23.1 Å². The molecule has 0 saturated heterocycles.